The van der Waals surface area contributed by atoms with Gasteiger partial charge >= 0.3 is 0 Å². The van der Waals surface area contributed by atoms with Gasteiger partial charge in [0, 0.05) is 29.8 Å². The quantitative estimate of drug-likeness (QED) is 0.680. The number of aromatic nitrogens is 3. The lowest BCUT2D eigenvalue weighted by molar-refractivity contribution is -0.143. The van der Waals surface area contributed by atoms with Crippen LogP contribution >= 0.6 is 11.3 Å². The van der Waals surface area contributed by atoms with E-state index in [4.69, 9.17) is 11.4 Å². The Morgan fingerprint density at radius 3 is 2.69 bits per heavy atom. The van der Waals surface area contributed by atoms with E-state index in [2.05, 4.69) is 32.9 Å². The first-order chi connectivity index (χ1) is 14.2. The summed E-state index contributed by atoms with van der Waals surface area (Å²) >= 11 is 1.51. The molecule has 3 aliphatic rings. The van der Waals surface area contributed by atoms with Crippen LogP contribution in [0.4, 0.5) is 0 Å². The molecule has 0 amide bonds. The van der Waals surface area contributed by atoms with Crippen molar-refractivity contribution in [3.63, 3.8) is 0 Å². The molecule has 2 aromatic heterocycles. The van der Waals surface area contributed by atoms with E-state index in [9.17, 15) is 5.11 Å². The summed E-state index contributed by atoms with van der Waals surface area (Å²) in [4.78, 5) is 16.0. The van der Waals surface area contributed by atoms with Gasteiger partial charge in [0.15, 0.2) is 10.8 Å². The van der Waals surface area contributed by atoms with Gasteiger partial charge in [-0.3, -0.25) is 4.90 Å². The molecular weight excluding hydrogens is 380 g/mol. The Morgan fingerprint density at radius 2 is 2.00 bits per heavy atom. The molecule has 2 atom stereocenters. The molecule has 3 aliphatic heterocycles. The Labute approximate surface area is 174 Å². The molecule has 5 nitrogen and oxygen atoms in total. The van der Waals surface area contributed by atoms with E-state index in [0.717, 1.165) is 47.8 Å². The summed E-state index contributed by atoms with van der Waals surface area (Å²) in [5.41, 5.74) is 1.60. The fraction of sp³-hybridized carbons (Fsp3) is 0.348. The molecule has 1 aromatic carbocycles. The number of piperidine rings is 3. The average Bonchev–Trinajstić information content (AvgIpc) is 3.30. The number of aliphatic hydroxyl groups is 1. The van der Waals surface area contributed by atoms with Crippen molar-refractivity contribution in [2.45, 2.75) is 30.9 Å². The molecule has 1 N–H and O–H groups in total. The first-order valence-electron chi connectivity index (χ1n) is 9.93. The molecule has 5 heterocycles. The summed E-state index contributed by atoms with van der Waals surface area (Å²) < 4.78 is 0. The van der Waals surface area contributed by atoms with Crippen LogP contribution in [-0.4, -0.2) is 44.1 Å². The van der Waals surface area contributed by atoms with Gasteiger partial charge in [-0.05, 0) is 37.4 Å². The second kappa shape index (κ2) is 7.34. The van der Waals surface area contributed by atoms with Gasteiger partial charge in [0.1, 0.15) is 11.6 Å². The second-order valence-electron chi connectivity index (χ2n) is 7.76. The molecule has 6 rings (SSSR count). The van der Waals surface area contributed by atoms with E-state index in [-0.39, 0.29) is 12.0 Å². The Bertz CT molecular complexity index is 1040. The summed E-state index contributed by atoms with van der Waals surface area (Å²) in [6.07, 6.45) is 11.9. The van der Waals surface area contributed by atoms with Crippen LogP contribution < -0.4 is 0 Å². The lowest BCUT2D eigenvalue weighted by atomic mass is 9.66. The zero-order chi connectivity index (χ0) is 19.8. The Balaban J connectivity index is 1.64. The molecule has 0 saturated carbocycles. The zero-order valence-corrected chi connectivity index (χ0v) is 16.8. The predicted molar refractivity (Wildman–Crippen MR) is 113 cm³/mol. The Hall–Kier alpha value is -2.59. The fourth-order valence-corrected chi connectivity index (χ4v) is 5.39. The highest BCUT2D eigenvalue weighted by atomic mass is 32.1. The molecule has 146 valence electrons. The maximum Gasteiger partial charge on any atom is 0.188 e. The third kappa shape index (κ3) is 3.06. The van der Waals surface area contributed by atoms with Gasteiger partial charge in [-0.2, -0.15) is 0 Å². The normalized spacial score (nSPS) is 28.2. The molecule has 0 aliphatic carbocycles. The maximum absolute atomic E-state index is 12.0. The van der Waals surface area contributed by atoms with E-state index in [1.807, 2.05) is 23.6 Å². The predicted octanol–water partition coefficient (Wildman–Crippen LogP) is 3.11. The minimum absolute atomic E-state index is 0.123. The van der Waals surface area contributed by atoms with Gasteiger partial charge in [0.25, 0.3) is 0 Å². The van der Waals surface area contributed by atoms with Crippen molar-refractivity contribution in [2.24, 2.45) is 5.92 Å². The number of terminal acetylenes is 1. The topological polar surface area (TPSA) is 62.1 Å². The molecule has 3 aromatic rings. The largest absolute Gasteiger partial charge is 0.382 e. The van der Waals surface area contributed by atoms with E-state index in [0.29, 0.717) is 12.2 Å². The van der Waals surface area contributed by atoms with Crippen LogP contribution in [0.15, 0.2) is 48.1 Å². The number of nitrogens with zero attached hydrogens (tertiary/aromatic N) is 4. The first kappa shape index (κ1) is 18.4. The van der Waals surface area contributed by atoms with Crippen molar-refractivity contribution in [1.82, 2.24) is 19.9 Å². The third-order valence-electron chi connectivity index (χ3n) is 6.23. The summed E-state index contributed by atoms with van der Waals surface area (Å²) in [5.74, 6) is 3.58. The summed E-state index contributed by atoms with van der Waals surface area (Å²) in [6.45, 7) is 1.88. The summed E-state index contributed by atoms with van der Waals surface area (Å²) in [5, 5.41) is 14.7. The van der Waals surface area contributed by atoms with Gasteiger partial charge in [0.05, 0.1) is 5.69 Å². The number of hydrogen-bond donors (Lipinski definition) is 1. The summed E-state index contributed by atoms with van der Waals surface area (Å²) in [7, 11) is 0. The lowest BCUT2D eigenvalue weighted by Crippen LogP contribution is -2.63. The summed E-state index contributed by atoms with van der Waals surface area (Å²) in [6, 6.07) is 9.85. The third-order valence-corrected chi connectivity index (χ3v) is 7.00. The van der Waals surface area contributed by atoms with Gasteiger partial charge in [-0.25, -0.2) is 15.0 Å². The number of benzene rings is 1. The number of thiazole rings is 1. The monoisotopic (exact) mass is 402 g/mol. The molecule has 2 bridgehead atoms. The average molecular weight is 403 g/mol. The van der Waals surface area contributed by atoms with Crippen LogP contribution in [0.3, 0.4) is 0 Å². The Kier molecular flexibility index (Phi) is 4.67. The SMILES string of the molecule is C#CC1N2CCC(CC2)C1(O)c1cnc(-c2nccs2)nc1Cc1ccccc1. The highest BCUT2D eigenvalue weighted by Gasteiger charge is 2.54. The lowest BCUT2D eigenvalue weighted by Gasteiger charge is -2.54. The van der Waals surface area contributed by atoms with Crippen LogP contribution in [0, 0.1) is 18.3 Å². The van der Waals surface area contributed by atoms with Crippen LogP contribution in [0.2, 0.25) is 0 Å². The highest BCUT2D eigenvalue weighted by Crippen LogP contribution is 2.47. The molecule has 2 unspecified atom stereocenters. The first-order valence-corrected chi connectivity index (χ1v) is 10.8. The van der Waals surface area contributed by atoms with Gasteiger partial charge < -0.3 is 5.11 Å². The van der Waals surface area contributed by atoms with E-state index < -0.39 is 5.60 Å². The molecule has 29 heavy (non-hydrogen) atoms. The van der Waals surface area contributed by atoms with Crippen LogP contribution in [-0.2, 0) is 12.0 Å². The highest BCUT2D eigenvalue weighted by molar-refractivity contribution is 7.12. The number of hydrogen-bond acceptors (Lipinski definition) is 6. The van der Waals surface area contributed by atoms with E-state index in [1.165, 1.54) is 11.3 Å². The second-order valence-corrected chi connectivity index (χ2v) is 8.65. The smallest absolute Gasteiger partial charge is 0.188 e. The fourth-order valence-electron chi connectivity index (χ4n) is 4.81. The van der Waals surface area contributed by atoms with Crippen LogP contribution in [0.1, 0.15) is 29.7 Å². The zero-order valence-electron chi connectivity index (χ0n) is 16.0. The van der Waals surface area contributed by atoms with Crippen molar-refractivity contribution in [1.29, 1.82) is 0 Å². The Morgan fingerprint density at radius 1 is 1.21 bits per heavy atom. The van der Waals surface area contributed by atoms with Crippen LogP contribution in [0.25, 0.3) is 10.8 Å². The van der Waals surface area contributed by atoms with Crippen molar-refractivity contribution in [3.8, 4) is 23.2 Å². The maximum atomic E-state index is 12.0. The van der Waals surface area contributed by atoms with Gasteiger partial charge in [-0.1, -0.05) is 36.3 Å². The van der Waals surface area contributed by atoms with Crippen molar-refractivity contribution >= 4 is 11.3 Å². The molecule has 6 heteroatoms. The van der Waals surface area contributed by atoms with Crippen molar-refractivity contribution in [3.05, 3.63) is 64.9 Å². The molecule has 3 fully saturated rings. The van der Waals surface area contributed by atoms with Crippen LogP contribution in [0.5, 0.6) is 0 Å². The standard InChI is InChI=1S/C23H22N4OS/c1-2-20-23(28,17-8-11-27(20)12-9-17)18-15-25-21(22-24-10-13-29-22)26-19(18)14-16-6-4-3-5-7-16/h1,3-7,10,13,15,17,20,28H,8-9,11-12,14H2. The minimum Gasteiger partial charge on any atom is -0.382 e. The van der Waals surface area contributed by atoms with E-state index >= 15 is 0 Å². The molecule has 0 radical (unpaired) electrons. The van der Waals surface area contributed by atoms with Crippen molar-refractivity contribution < 1.29 is 5.11 Å². The molecule has 0 spiro atoms. The van der Waals surface area contributed by atoms with E-state index in [1.54, 1.807) is 12.4 Å². The number of fused-ring (bicyclic) bond motifs is 3. The number of rotatable bonds is 4. The molecule has 3 saturated heterocycles. The van der Waals surface area contributed by atoms with Gasteiger partial charge in [-0.15, -0.1) is 17.8 Å². The minimum atomic E-state index is -1.13. The van der Waals surface area contributed by atoms with Crippen molar-refractivity contribution in [2.75, 3.05) is 13.1 Å². The van der Waals surface area contributed by atoms with Gasteiger partial charge in [0.2, 0.25) is 0 Å². The molecular formula is C23H22N4OS.